The van der Waals surface area contributed by atoms with Gasteiger partial charge in [-0.1, -0.05) is 30.3 Å². The zero-order valence-corrected chi connectivity index (χ0v) is 15.0. The number of nitrogens with zero attached hydrogens (tertiary/aromatic N) is 1. The van der Waals surface area contributed by atoms with Gasteiger partial charge in [-0.05, 0) is 32.4 Å². The van der Waals surface area contributed by atoms with Crippen LogP contribution in [0.25, 0.3) is 0 Å². The number of carboxylic acid groups (broad SMARTS) is 1. The lowest BCUT2D eigenvalue weighted by molar-refractivity contribution is -0.145. The number of ether oxygens (including phenoxy) is 1. The Morgan fingerprint density at radius 3 is 2.44 bits per heavy atom. The molecule has 0 aliphatic carbocycles. The maximum Gasteiger partial charge on any atom is 0.331 e. The van der Waals surface area contributed by atoms with Gasteiger partial charge in [0, 0.05) is 25.0 Å². The molecule has 0 aliphatic heterocycles. The van der Waals surface area contributed by atoms with Crippen molar-refractivity contribution in [3.05, 3.63) is 58.9 Å². The van der Waals surface area contributed by atoms with Crippen LogP contribution in [0, 0.1) is 13.8 Å². The van der Waals surface area contributed by atoms with Crippen molar-refractivity contribution in [2.45, 2.75) is 32.9 Å². The number of aryl methyl sites for hydroxylation is 1. The summed E-state index contributed by atoms with van der Waals surface area (Å²) in [4.78, 5) is 24.1. The quantitative estimate of drug-likeness (QED) is 0.808. The zero-order valence-electron chi connectivity index (χ0n) is 15.0. The van der Waals surface area contributed by atoms with E-state index in [1.807, 2.05) is 48.7 Å². The Morgan fingerprint density at radius 2 is 1.88 bits per heavy atom. The van der Waals surface area contributed by atoms with Crippen LogP contribution < -0.4 is 5.32 Å². The van der Waals surface area contributed by atoms with E-state index in [1.54, 1.807) is 6.07 Å². The van der Waals surface area contributed by atoms with Crippen LogP contribution in [0.2, 0.25) is 0 Å². The van der Waals surface area contributed by atoms with Gasteiger partial charge in [0.15, 0.2) is 5.54 Å². The van der Waals surface area contributed by atoms with Gasteiger partial charge in [-0.3, -0.25) is 4.79 Å². The van der Waals surface area contributed by atoms with Crippen LogP contribution in [0.4, 0.5) is 0 Å². The molecule has 0 radical (unpaired) electrons. The first kappa shape index (κ1) is 18.7. The zero-order chi connectivity index (χ0) is 18.6. The predicted octanol–water partition coefficient (Wildman–Crippen LogP) is 2.37. The highest BCUT2D eigenvalue weighted by molar-refractivity contribution is 5.99. The largest absolute Gasteiger partial charge is 0.479 e. The molecule has 0 saturated carbocycles. The molecule has 6 nitrogen and oxygen atoms in total. The number of amides is 1. The Morgan fingerprint density at radius 1 is 1.24 bits per heavy atom. The van der Waals surface area contributed by atoms with Gasteiger partial charge in [-0.15, -0.1) is 0 Å². The highest BCUT2D eigenvalue weighted by Gasteiger charge is 2.36. The number of methoxy groups -OCH3 is 1. The fraction of sp³-hybridized carbons (Fsp3) is 0.368. The highest BCUT2D eigenvalue weighted by Crippen LogP contribution is 2.18. The molecule has 1 aromatic heterocycles. The van der Waals surface area contributed by atoms with E-state index in [-0.39, 0.29) is 6.61 Å². The van der Waals surface area contributed by atoms with Crippen molar-refractivity contribution in [3.63, 3.8) is 0 Å². The van der Waals surface area contributed by atoms with Crippen LogP contribution in [0.5, 0.6) is 0 Å². The first-order chi connectivity index (χ1) is 11.8. The van der Waals surface area contributed by atoms with Crippen molar-refractivity contribution in [3.8, 4) is 0 Å². The molecule has 0 fully saturated rings. The second-order valence-electron chi connectivity index (χ2n) is 6.38. The van der Waals surface area contributed by atoms with Crippen molar-refractivity contribution in [1.82, 2.24) is 9.88 Å². The number of carbonyl (C=O) groups is 2. The van der Waals surface area contributed by atoms with Gasteiger partial charge < -0.3 is 19.7 Å². The molecule has 2 rings (SSSR count). The third kappa shape index (κ3) is 4.09. The molecule has 1 amide bonds. The van der Waals surface area contributed by atoms with E-state index in [1.165, 1.54) is 14.0 Å². The standard InChI is InChI=1S/C19H24N2O4/c1-13-10-16(17(22)20-19(3,12-25-4)18(23)24)14(2)21(13)11-15-8-6-5-7-9-15/h5-10H,11-12H2,1-4H3,(H,20,22)(H,23,24). The van der Waals surface area contributed by atoms with Gasteiger partial charge in [0.2, 0.25) is 0 Å². The van der Waals surface area contributed by atoms with Crippen molar-refractivity contribution in [1.29, 1.82) is 0 Å². The van der Waals surface area contributed by atoms with E-state index in [0.717, 1.165) is 17.0 Å². The molecule has 0 spiro atoms. The van der Waals surface area contributed by atoms with Crippen LogP contribution in [0.15, 0.2) is 36.4 Å². The molecule has 0 saturated heterocycles. The van der Waals surface area contributed by atoms with Gasteiger partial charge in [0.05, 0.1) is 12.2 Å². The smallest absolute Gasteiger partial charge is 0.331 e. The van der Waals surface area contributed by atoms with Crippen molar-refractivity contribution >= 4 is 11.9 Å². The summed E-state index contributed by atoms with van der Waals surface area (Å²) in [6.45, 7) is 5.76. The van der Waals surface area contributed by atoms with Gasteiger partial charge >= 0.3 is 5.97 Å². The highest BCUT2D eigenvalue weighted by atomic mass is 16.5. The van der Waals surface area contributed by atoms with Crippen LogP contribution >= 0.6 is 0 Å². The molecule has 1 atom stereocenters. The molecule has 1 heterocycles. The van der Waals surface area contributed by atoms with Crippen molar-refractivity contribution in [2.75, 3.05) is 13.7 Å². The number of rotatable bonds is 7. The minimum absolute atomic E-state index is 0.114. The molecule has 0 aliphatic rings. The summed E-state index contributed by atoms with van der Waals surface area (Å²) in [6.07, 6.45) is 0. The molecule has 1 aromatic carbocycles. The molecule has 2 N–H and O–H groups in total. The van der Waals surface area contributed by atoms with E-state index in [9.17, 15) is 14.7 Å². The van der Waals surface area contributed by atoms with E-state index in [2.05, 4.69) is 5.32 Å². The molecular weight excluding hydrogens is 320 g/mol. The topological polar surface area (TPSA) is 80.6 Å². The normalized spacial score (nSPS) is 13.3. The summed E-state index contributed by atoms with van der Waals surface area (Å²) < 4.78 is 6.98. The molecule has 6 heteroatoms. The number of aromatic nitrogens is 1. The summed E-state index contributed by atoms with van der Waals surface area (Å²) in [5.74, 6) is -1.56. The third-order valence-corrected chi connectivity index (χ3v) is 4.30. The monoisotopic (exact) mass is 344 g/mol. The van der Waals surface area contributed by atoms with Gasteiger partial charge in [0.1, 0.15) is 0 Å². The van der Waals surface area contributed by atoms with Gasteiger partial charge in [-0.2, -0.15) is 0 Å². The molecule has 1 unspecified atom stereocenters. The molecular formula is C19H24N2O4. The second kappa shape index (κ2) is 7.53. The Balaban J connectivity index is 2.27. The minimum atomic E-state index is -1.48. The SMILES string of the molecule is COCC(C)(NC(=O)c1cc(C)n(Cc2ccccc2)c1C)C(=O)O. The van der Waals surface area contributed by atoms with Gasteiger partial charge in [-0.25, -0.2) is 4.79 Å². The minimum Gasteiger partial charge on any atom is -0.479 e. The van der Waals surface area contributed by atoms with E-state index in [0.29, 0.717) is 12.1 Å². The third-order valence-electron chi connectivity index (χ3n) is 4.30. The summed E-state index contributed by atoms with van der Waals surface area (Å²) >= 11 is 0. The maximum atomic E-state index is 12.6. The molecule has 134 valence electrons. The van der Waals surface area contributed by atoms with Crippen LogP contribution in [0.1, 0.15) is 34.2 Å². The van der Waals surface area contributed by atoms with E-state index >= 15 is 0 Å². The Bertz CT molecular complexity index is 767. The lowest BCUT2D eigenvalue weighted by Crippen LogP contribution is -2.55. The lowest BCUT2D eigenvalue weighted by atomic mass is 10.0. The number of benzene rings is 1. The predicted molar refractivity (Wildman–Crippen MR) is 94.8 cm³/mol. The lowest BCUT2D eigenvalue weighted by Gasteiger charge is -2.25. The number of aliphatic carboxylic acids is 1. The number of nitrogens with one attached hydrogen (secondary N) is 1. The number of carboxylic acids is 1. The van der Waals surface area contributed by atoms with E-state index < -0.39 is 17.4 Å². The average Bonchev–Trinajstić information content (AvgIpc) is 2.84. The van der Waals surface area contributed by atoms with Crippen LogP contribution in [0.3, 0.4) is 0 Å². The molecule has 2 aromatic rings. The Kier molecular flexibility index (Phi) is 5.64. The van der Waals surface area contributed by atoms with Crippen LogP contribution in [-0.4, -0.2) is 40.8 Å². The van der Waals surface area contributed by atoms with E-state index in [4.69, 9.17) is 4.74 Å². The first-order valence-electron chi connectivity index (χ1n) is 8.04. The first-order valence-corrected chi connectivity index (χ1v) is 8.04. The fourth-order valence-electron chi connectivity index (χ4n) is 2.80. The summed E-state index contributed by atoms with van der Waals surface area (Å²) in [5, 5.41) is 12.0. The average molecular weight is 344 g/mol. The molecule has 0 bridgehead atoms. The maximum absolute atomic E-state index is 12.6. The Hall–Kier alpha value is -2.60. The summed E-state index contributed by atoms with van der Waals surface area (Å²) in [6, 6.07) is 11.7. The Labute approximate surface area is 147 Å². The summed E-state index contributed by atoms with van der Waals surface area (Å²) in [5.41, 5.74) is 1.86. The number of hydrogen-bond donors (Lipinski definition) is 2. The summed E-state index contributed by atoms with van der Waals surface area (Å²) in [7, 11) is 1.40. The van der Waals surface area contributed by atoms with Gasteiger partial charge in [0.25, 0.3) is 5.91 Å². The fourth-order valence-corrected chi connectivity index (χ4v) is 2.80. The number of hydrogen-bond acceptors (Lipinski definition) is 3. The van der Waals surface area contributed by atoms with Crippen molar-refractivity contribution in [2.24, 2.45) is 0 Å². The van der Waals surface area contributed by atoms with Crippen LogP contribution in [-0.2, 0) is 16.1 Å². The second-order valence-corrected chi connectivity index (χ2v) is 6.38. The number of carbonyl (C=O) groups excluding carboxylic acids is 1. The molecule has 25 heavy (non-hydrogen) atoms. The van der Waals surface area contributed by atoms with Crippen molar-refractivity contribution < 1.29 is 19.4 Å².